The molecule has 24 rings (SSSR count). The van der Waals surface area contributed by atoms with Crippen molar-refractivity contribution in [3.63, 3.8) is 0 Å². The molecule has 32 heteroatoms. The van der Waals surface area contributed by atoms with Crippen LogP contribution in [0.2, 0.25) is 0 Å². The van der Waals surface area contributed by atoms with Crippen molar-refractivity contribution in [2.75, 3.05) is 160 Å². The third-order valence-corrected chi connectivity index (χ3v) is 30.5. The zero-order valence-electron chi connectivity index (χ0n) is 85.2. The lowest BCUT2D eigenvalue weighted by Gasteiger charge is -2.47. The van der Waals surface area contributed by atoms with E-state index < -0.39 is 0 Å². The molecule has 8 aliphatic heterocycles. The van der Waals surface area contributed by atoms with Crippen LogP contribution in [0.1, 0.15) is 150 Å². The Labute approximate surface area is 859 Å². The van der Waals surface area contributed by atoms with Crippen molar-refractivity contribution < 1.29 is 95.0 Å². The summed E-state index contributed by atoms with van der Waals surface area (Å²) in [7, 11) is 6.38. The van der Waals surface area contributed by atoms with Crippen LogP contribution in [0.5, 0.6) is 92.3 Å². The molecule has 0 saturated carbocycles. The first-order chi connectivity index (χ1) is 72.1. The molecule has 6 aromatic carbocycles. The molecular weight excluding hydrogens is 1880 g/mol. The van der Waals surface area contributed by atoms with E-state index in [0.717, 1.165) is 238 Å². The van der Waals surface area contributed by atoms with Gasteiger partial charge in [-0.25, -0.2) is 19.9 Å². The minimum Gasteiger partial charge on any atom is -0.493 e. The predicted molar refractivity (Wildman–Crippen MR) is 557 cm³/mol. The zero-order chi connectivity index (χ0) is 102. The Morgan fingerprint density at radius 2 is 0.588 bits per heavy atom. The lowest BCUT2D eigenvalue weighted by molar-refractivity contribution is -0.153. The number of rotatable bonds is 28. The molecule has 768 valence electrons. The maximum atomic E-state index is 12.7. The molecule has 4 amide bonds. The molecule has 0 N–H and O–H groups in total. The van der Waals surface area contributed by atoms with Crippen LogP contribution in [0.4, 0.5) is 0 Å². The van der Waals surface area contributed by atoms with Crippen molar-refractivity contribution in [2.24, 2.45) is 21.7 Å². The average molecular weight is 2010 g/mol. The predicted octanol–water partition coefficient (Wildman–Crippen LogP) is 19.2. The van der Waals surface area contributed by atoms with E-state index in [1.165, 1.54) is 57.2 Å². The van der Waals surface area contributed by atoms with Crippen molar-refractivity contribution in [2.45, 2.75) is 130 Å². The number of fused-ring (bicyclic) bond motifs is 8. The Kier molecular flexibility index (Phi) is 29.2. The monoisotopic (exact) mass is 2000 g/mol. The average Bonchev–Trinajstić information content (AvgIpc) is 1.26. The smallest absolute Gasteiger partial charge is 0.230 e. The first-order valence-corrected chi connectivity index (χ1v) is 51.2. The minimum absolute atomic E-state index is 0.112. The highest BCUT2D eigenvalue weighted by Crippen LogP contribution is 2.48. The number of amides is 4. The van der Waals surface area contributed by atoms with E-state index in [4.69, 9.17) is 75.8 Å². The third kappa shape index (κ3) is 22.2. The SMILES string of the molecule is COc1cc2c(Oc3ccc4c(c3)C=C(C)C4)ccnc2cc1OCCC(=O)N1CCC2(CC1)COC2.COc1cc2c(Oc3ccc4c(c3)C=C(C)C4)ncnc2cc1OCCC(=O)N1CCC2(CC1)COC2.COc1cc2c(Oc3cnc4c(c3)C=C(C)C4)ccnc2cc1OCCC(=O)N1CCC2(CC1)COC2.COc1cc2c(Oc3cnc4c(c3)C=C(C)C4)ncnc2cc1OCCC(=O)N1CCC2(CC1)COC2. The number of pyridine rings is 4. The molecule has 8 fully saturated rings. The van der Waals surface area contributed by atoms with Crippen LogP contribution in [0.3, 0.4) is 0 Å². The molecule has 0 radical (unpaired) electrons. The molecule has 12 aromatic rings. The molecular formula is C116H124N12O20. The van der Waals surface area contributed by atoms with Gasteiger partial charge in [-0.3, -0.25) is 39.1 Å². The van der Waals surface area contributed by atoms with Gasteiger partial charge in [0.05, 0.1) is 190 Å². The number of piperidine rings is 4. The first-order valence-electron chi connectivity index (χ1n) is 51.2. The van der Waals surface area contributed by atoms with Crippen LogP contribution in [0.25, 0.3) is 67.9 Å². The van der Waals surface area contributed by atoms with Crippen molar-refractivity contribution in [1.29, 1.82) is 0 Å². The summed E-state index contributed by atoms with van der Waals surface area (Å²) in [5.74, 6) is 9.85. The number of carbonyl (C=O) groups excluding carboxylic acids is 4. The Balaban J connectivity index is 0.000000116. The molecule has 14 heterocycles. The summed E-state index contributed by atoms with van der Waals surface area (Å²) in [5, 5.41) is 3.05. The van der Waals surface area contributed by atoms with E-state index in [1.54, 1.807) is 65.4 Å². The molecule has 32 nitrogen and oxygen atoms in total. The largest absolute Gasteiger partial charge is 0.493 e. The topological polar surface area (TPSA) is 332 Å². The molecule has 148 heavy (non-hydrogen) atoms. The third-order valence-electron chi connectivity index (χ3n) is 30.5. The zero-order valence-corrected chi connectivity index (χ0v) is 85.2. The van der Waals surface area contributed by atoms with Crippen LogP contribution < -0.4 is 56.8 Å². The standard InChI is InChI=1S/C30H32N2O5.2C29H31N3O5.C28H30N4O5/c1-20-13-21-3-4-23(15-22(21)14-20)37-26-5-9-31-25-17-28(27(34-2)16-24(25)26)36-12-6-29(33)32-10-7-30(8-11-32)18-35-19-30;1-19-11-20-13-21(16-31-23(20)12-19)37-25-3-7-30-24-15-27(26(34-2)14-22(24)25)36-10-4-28(33)32-8-5-29(6-9-32)17-35-18-29;1-19-11-20-3-4-22(13-21(20)12-19)37-28-23-14-25(34-2)26(15-24(23)30-18-31-28)36-10-5-27(33)32-8-6-29(7-9-32)16-35-17-29;1-18-9-19-11-20(14-29-22(19)10-18)37-27-21-12-24(34-2)25(13-23(21)30-17-31-27)36-8-3-26(33)32-6-4-28(5-7-32)15-35-16-28/h3-5,9,14-17H,6-8,10-13,18-19H2,1-2H3;3,7,11,13-16H,4-6,8-10,12,17-18H2,1-2H3;3-4,12-15,18H,5-11,16-17H2,1-2H3;9,11-14,17H,3-8,10,15-16H2,1-2H3. The normalized spacial score (nSPS) is 17.8. The number of nitrogens with zero attached hydrogens (tertiary/aromatic N) is 12. The number of hydrogen-bond donors (Lipinski definition) is 0. The Morgan fingerprint density at radius 1 is 0.297 bits per heavy atom. The van der Waals surface area contributed by atoms with Gasteiger partial charge in [-0.15, -0.1) is 0 Å². The van der Waals surface area contributed by atoms with E-state index in [0.29, 0.717) is 150 Å². The summed E-state index contributed by atoms with van der Waals surface area (Å²) in [4.78, 5) is 94.3. The quantitative estimate of drug-likeness (QED) is 0.0439. The second-order valence-corrected chi connectivity index (χ2v) is 41.2. The van der Waals surface area contributed by atoms with Crippen molar-refractivity contribution in [3.8, 4) is 92.3 Å². The highest BCUT2D eigenvalue weighted by atomic mass is 16.5. The molecule has 8 saturated heterocycles. The number of hydrogen-bond acceptors (Lipinski definition) is 28. The summed E-state index contributed by atoms with van der Waals surface area (Å²) >= 11 is 0. The van der Waals surface area contributed by atoms with E-state index >= 15 is 0 Å². The molecule has 4 aliphatic carbocycles. The lowest BCUT2D eigenvalue weighted by Crippen LogP contribution is -2.52. The van der Waals surface area contributed by atoms with Gasteiger partial charge in [-0.05, 0) is 198 Å². The number of methoxy groups -OCH3 is 4. The van der Waals surface area contributed by atoms with Gasteiger partial charge < -0.3 is 95.4 Å². The summed E-state index contributed by atoms with van der Waals surface area (Å²) in [5.41, 5.74) is 18.6. The van der Waals surface area contributed by atoms with E-state index in [1.807, 2.05) is 98.5 Å². The molecule has 0 bridgehead atoms. The van der Waals surface area contributed by atoms with Gasteiger partial charge in [0.15, 0.2) is 46.0 Å². The van der Waals surface area contributed by atoms with Crippen molar-refractivity contribution in [1.82, 2.24) is 59.5 Å². The van der Waals surface area contributed by atoms with Gasteiger partial charge in [-0.2, -0.15) is 0 Å². The van der Waals surface area contributed by atoms with E-state index in [9.17, 15) is 19.2 Å². The van der Waals surface area contributed by atoms with Crippen LogP contribution in [0, 0.1) is 21.7 Å². The van der Waals surface area contributed by atoms with E-state index in [-0.39, 0.29) is 50.1 Å². The van der Waals surface area contributed by atoms with Crippen LogP contribution in [-0.4, -0.2) is 243 Å². The maximum Gasteiger partial charge on any atom is 0.230 e. The Morgan fingerprint density at radius 3 is 0.919 bits per heavy atom. The highest BCUT2D eigenvalue weighted by Gasteiger charge is 2.46. The number of aromatic nitrogens is 8. The molecule has 0 atom stereocenters. The van der Waals surface area contributed by atoms with Crippen molar-refractivity contribution in [3.05, 3.63) is 214 Å². The van der Waals surface area contributed by atoms with Gasteiger partial charge in [-0.1, -0.05) is 58.7 Å². The summed E-state index contributed by atoms with van der Waals surface area (Å²) in [6, 6.07) is 34.6. The van der Waals surface area contributed by atoms with Crippen LogP contribution in [0.15, 0.2) is 169 Å². The summed E-state index contributed by atoms with van der Waals surface area (Å²) in [6.07, 6.45) is 31.6. The Bertz CT molecular complexity index is 6330. The highest BCUT2D eigenvalue weighted by molar-refractivity contribution is 5.92. The first kappa shape index (κ1) is 99.4. The van der Waals surface area contributed by atoms with Gasteiger partial charge >= 0.3 is 0 Å². The van der Waals surface area contributed by atoms with Crippen LogP contribution >= 0.6 is 0 Å². The molecule has 0 unspecified atom stereocenters. The fraction of sp³-hybridized carbons (Fsp3) is 0.414. The number of likely N-dealkylation sites (tertiary alicyclic amines) is 4. The Hall–Kier alpha value is -14.6. The van der Waals surface area contributed by atoms with Gasteiger partial charge in [0.25, 0.3) is 0 Å². The second-order valence-electron chi connectivity index (χ2n) is 41.2. The molecule has 6 aromatic heterocycles. The maximum absolute atomic E-state index is 12.7. The summed E-state index contributed by atoms with van der Waals surface area (Å²) in [6.45, 7) is 22.6. The number of carbonyl (C=O) groups is 4. The molecule has 4 spiro atoms. The van der Waals surface area contributed by atoms with Gasteiger partial charge in [0.2, 0.25) is 35.4 Å². The number of allylic oxidation sites excluding steroid dienone is 4. The van der Waals surface area contributed by atoms with Crippen LogP contribution in [-0.2, 0) is 63.8 Å². The number of benzene rings is 6. The fourth-order valence-electron chi connectivity index (χ4n) is 21.4. The van der Waals surface area contributed by atoms with Crippen molar-refractivity contribution >= 4 is 91.5 Å². The lowest BCUT2D eigenvalue weighted by atomic mass is 9.77. The second kappa shape index (κ2) is 43.4. The molecule has 12 aliphatic rings. The fourth-order valence-corrected chi connectivity index (χ4v) is 21.4. The van der Waals surface area contributed by atoms with E-state index in [2.05, 4.69) is 110 Å². The minimum atomic E-state index is 0.112. The van der Waals surface area contributed by atoms with Gasteiger partial charge in [0, 0.05) is 134 Å². The number of ether oxygens (including phenoxy) is 16. The van der Waals surface area contributed by atoms with Gasteiger partial charge in [0.1, 0.15) is 47.2 Å². The summed E-state index contributed by atoms with van der Waals surface area (Å²) < 4.78 is 92.7.